The highest BCUT2D eigenvalue weighted by Crippen LogP contribution is 2.45. The minimum Gasteiger partial charge on any atom is -0.492 e. The van der Waals surface area contributed by atoms with Crippen molar-refractivity contribution in [3.05, 3.63) is 117 Å². The van der Waals surface area contributed by atoms with E-state index in [1.54, 1.807) is 32.9 Å². The van der Waals surface area contributed by atoms with Crippen LogP contribution in [0.5, 0.6) is 5.88 Å². The van der Waals surface area contributed by atoms with E-state index in [2.05, 4.69) is 101 Å². The molecule has 3 unspecified atom stereocenters. The molecule has 1 aromatic carbocycles. The van der Waals surface area contributed by atoms with Crippen LogP contribution in [0.1, 0.15) is 215 Å². The summed E-state index contributed by atoms with van der Waals surface area (Å²) in [5.41, 5.74) is 17.5. The number of aromatic nitrogens is 8. The number of nitrogen functional groups attached to an aromatic ring is 1. The van der Waals surface area contributed by atoms with E-state index < -0.39 is 95.2 Å². The van der Waals surface area contributed by atoms with E-state index in [1.807, 2.05) is 39.0 Å². The fraction of sp³-hybridized carbons (Fsp3) is 0.500. The van der Waals surface area contributed by atoms with Crippen LogP contribution < -0.4 is 43.0 Å². The molecule has 6 aromatic rings. The predicted octanol–water partition coefficient (Wildman–Crippen LogP) is 7.93. The average molecular weight is 1630 g/mol. The van der Waals surface area contributed by atoms with Crippen LogP contribution in [0, 0.1) is 13.8 Å². The smallest absolute Gasteiger partial charge is 0.326 e. The third-order valence-corrected chi connectivity index (χ3v) is 22.1. The number of aromatic amines is 2. The molecular weight excluding hydrogens is 1520 g/mol. The number of ether oxygens (including phenoxy) is 4. The van der Waals surface area contributed by atoms with Crippen LogP contribution >= 0.6 is 0 Å². The molecule has 118 heavy (non-hydrogen) atoms. The third kappa shape index (κ3) is 23.5. The molecule has 15 N–H and O–H groups in total. The van der Waals surface area contributed by atoms with Gasteiger partial charge in [0.2, 0.25) is 29.5 Å². The number of carboxylic acids is 3. The van der Waals surface area contributed by atoms with Crippen molar-refractivity contribution in [2.45, 2.75) is 200 Å². The largest absolute Gasteiger partial charge is 0.492 e. The van der Waals surface area contributed by atoms with Gasteiger partial charge in [0.25, 0.3) is 5.91 Å². The lowest BCUT2D eigenvalue weighted by Crippen LogP contribution is -2.53. The number of hydrogen-bond acceptors (Lipinski definition) is 25. The summed E-state index contributed by atoms with van der Waals surface area (Å²) in [6.45, 7) is 23.8. The maximum atomic E-state index is 13.9. The van der Waals surface area contributed by atoms with Gasteiger partial charge in [0.15, 0.2) is 28.5 Å². The summed E-state index contributed by atoms with van der Waals surface area (Å²) in [7, 11) is 0. The van der Waals surface area contributed by atoms with Crippen molar-refractivity contribution in [2.24, 2.45) is 0 Å². The van der Waals surface area contributed by atoms with Crippen LogP contribution in [0.4, 0.5) is 11.6 Å². The molecule has 34 heteroatoms. The molecule has 1 aliphatic carbocycles. The number of amides is 4. The van der Waals surface area contributed by atoms with Crippen molar-refractivity contribution in [1.29, 1.82) is 0 Å². The summed E-state index contributed by atoms with van der Waals surface area (Å²) in [6, 6.07) is 7.86. The number of nitrogens with two attached hydrogens (primary N) is 1. The number of carbonyl (C=O) groups excluding carboxylic acids is 7. The van der Waals surface area contributed by atoms with Crippen LogP contribution in [0.15, 0.2) is 55.2 Å². The minimum absolute atomic E-state index is 0.0113. The van der Waals surface area contributed by atoms with Crippen LogP contribution in [-0.2, 0) is 70.3 Å². The molecule has 0 fully saturated rings. The number of anilines is 2. The third-order valence-electron chi connectivity index (χ3n) is 22.1. The van der Waals surface area contributed by atoms with E-state index in [1.165, 1.54) is 18.3 Å². The van der Waals surface area contributed by atoms with Gasteiger partial charge in [-0.15, -0.1) is 0 Å². The lowest BCUT2D eigenvalue weighted by Gasteiger charge is -2.29. The Morgan fingerprint density at radius 2 is 1.29 bits per heavy atom. The Morgan fingerprint density at radius 3 is 1.95 bits per heavy atom. The minimum atomic E-state index is -1.61. The number of carboxylic acid groups (broad SMARTS) is 3. The molecule has 9 rings (SSSR count). The maximum Gasteiger partial charge on any atom is 0.326 e. The summed E-state index contributed by atoms with van der Waals surface area (Å²) in [5.74, 6) is -8.21. The number of carbonyl (C=O) groups is 10. The molecule has 7 heterocycles. The molecule has 8 bridgehead atoms. The highest BCUT2D eigenvalue weighted by atomic mass is 16.5. The van der Waals surface area contributed by atoms with Gasteiger partial charge in [0.05, 0.1) is 78.5 Å². The average Bonchev–Trinajstić information content (AvgIpc) is 1.58. The predicted molar refractivity (Wildman–Crippen MR) is 441 cm³/mol. The Morgan fingerprint density at radius 1 is 0.669 bits per heavy atom. The van der Waals surface area contributed by atoms with E-state index in [9.17, 15) is 68.4 Å². The maximum absolute atomic E-state index is 13.9. The molecular formula is C84H110N16O18. The molecule has 2 aliphatic heterocycles. The van der Waals surface area contributed by atoms with Gasteiger partial charge < -0.3 is 92.3 Å². The van der Waals surface area contributed by atoms with Gasteiger partial charge in [-0.25, -0.2) is 29.3 Å². The summed E-state index contributed by atoms with van der Waals surface area (Å²) in [4.78, 5) is 164. The second-order valence-electron chi connectivity index (χ2n) is 30.2. The Balaban J connectivity index is 0.593. The van der Waals surface area contributed by atoms with Crippen LogP contribution in [0.3, 0.4) is 0 Å². The number of aromatic hydroxyl groups is 1. The Labute approximate surface area is 683 Å². The zero-order valence-corrected chi connectivity index (χ0v) is 68.4. The number of rotatable bonds is 49. The first-order valence-corrected chi connectivity index (χ1v) is 40.1. The monoisotopic (exact) mass is 1630 g/mol. The summed E-state index contributed by atoms with van der Waals surface area (Å²) < 4.78 is 22.4. The first kappa shape index (κ1) is 90.6. The number of benzene rings is 1. The number of aliphatic carboxylic acids is 3. The van der Waals surface area contributed by atoms with Gasteiger partial charge in [-0.1, -0.05) is 40.3 Å². The number of unbranched alkanes of at least 4 members (excludes halogenated alkanes) is 1. The van der Waals surface area contributed by atoms with Gasteiger partial charge in [-0.05, 0) is 177 Å². The number of H-pyrrole nitrogens is 2. The zero-order chi connectivity index (χ0) is 85.5. The Bertz CT molecular complexity index is 4930. The Kier molecular flexibility index (Phi) is 32.4. The molecule has 0 saturated carbocycles. The highest BCUT2D eigenvalue weighted by molar-refractivity contribution is 6.13. The van der Waals surface area contributed by atoms with E-state index in [4.69, 9.17) is 34.6 Å². The summed E-state index contributed by atoms with van der Waals surface area (Å²) >= 11 is 0. The number of aryl methyl sites for hydroxylation is 2. The molecule has 3 aliphatic rings. The number of hydrogen-bond donors (Lipinski definition) is 14. The van der Waals surface area contributed by atoms with Gasteiger partial charge in [0, 0.05) is 107 Å². The van der Waals surface area contributed by atoms with Crippen molar-refractivity contribution in [2.75, 3.05) is 83.5 Å². The van der Waals surface area contributed by atoms with Crippen molar-refractivity contribution < 1.29 is 87.3 Å². The Hall–Kier alpha value is -11.3. The number of ketones is 3. The highest BCUT2D eigenvalue weighted by Gasteiger charge is 2.39. The fourth-order valence-electron chi connectivity index (χ4n) is 14.5. The lowest BCUT2D eigenvalue weighted by molar-refractivity contribution is -0.144. The molecule has 4 amide bonds. The van der Waals surface area contributed by atoms with E-state index >= 15 is 0 Å². The quantitative estimate of drug-likeness (QED) is 0.0161. The molecule has 634 valence electrons. The van der Waals surface area contributed by atoms with Gasteiger partial charge in [-0.3, -0.25) is 38.5 Å². The van der Waals surface area contributed by atoms with Crippen LogP contribution in [0.25, 0.3) is 50.5 Å². The van der Waals surface area contributed by atoms with E-state index in [0.717, 1.165) is 84.7 Å². The zero-order valence-electron chi connectivity index (χ0n) is 68.4. The van der Waals surface area contributed by atoms with Crippen molar-refractivity contribution in [1.82, 2.24) is 71.8 Å². The topological polar surface area (TPSA) is 508 Å². The standard InChI is InChI=1S/C84H110N16O18/c1-11-53-46(5)59-38-61-48(7)55(73(96-61)56-37-66(101)72-49(8)62(97-74(56)72)40-64-54(12-2)47(6)60(93-64)39-63(53)92-59)24-26-69(104)94-57(79(109)110)19-15-16-29-89-84(10,14-4)68(103)44-118-45-71(106)86-28-17-31-115-33-35-117-36-34-116-32-18-30-90-83(9,13-3)67(102)41-65(81(113)114)95-70(105)27-25-58(80(111)112)98-77(107)50-20-22-51(23-21-50)87-42-52-43-88-76-75(91-52)78(108)100-82(85)99-76/h11,20-23,38-40,43,48,55,57-58,65,87,89-90,92,97H,1,12-19,24-37,41-42,44-45H2,2-10H3,(H,86,106)(H,94,104)(H,95,105)(H,98,107)(H,109,110)(H,111,112)(H,113,114)(H3,85,88,99,100,108)/t48-,55-,57?,58-,65-,83?,84?/m0/s1. The molecule has 34 nitrogen and oxygen atoms in total. The second-order valence-corrected chi connectivity index (χ2v) is 30.2. The molecule has 0 spiro atoms. The SMILES string of the molecule is C=Cc1c(C)c2cc3nc(c4c5[nH]c(cc6nc(cc1[nH]2)C(C)=C6CC)c(C)c5C(=O)C4)[C@@H](CCC(=O)NC(CCCCNC(C)(CC)C(=O)COCC(=O)NCCCOCCOCCOCCCNC(C)(CC)C(=O)C[C@H](NC(=O)CC[C@H](NC(=O)c1ccc(NCc2cnc4nc(N)nc(O)c4n2)cc1)C(=O)O)C(=O)O)C(=O)O)[C@@H]3C. The molecule has 5 aromatic heterocycles. The number of nitrogens with zero attached hydrogens (tertiary/aromatic N) is 6. The van der Waals surface area contributed by atoms with Crippen molar-refractivity contribution in [3.63, 3.8) is 0 Å². The molecule has 0 saturated heterocycles. The van der Waals surface area contributed by atoms with Gasteiger partial charge >= 0.3 is 17.9 Å². The molecule has 0 radical (unpaired) electrons. The first-order valence-electron chi connectivity index (χ1n) is 40.1. The van der Waals surface area contributed by atoms with Crippen LogP contribution in [0.2, 0.25) is 0 Å². The van der Waals surface area contributed by atoms with Gasteiger partial charge in [-0.2, -0.15) is 9.97 Å². The fourth-order valence-corrected chi connectivity index (χ4v) is 14.5. The lowest BCUT2D eigenvalue weighted by atomic mass is 9.85. The van der Waals surface area contributed by atoms with Crippen molar-refractivity contribution >= 4 is 121 Å². The number of allylic oxidation sites excluding steroid dienone is 2. The second kappa shape index (κ2) is 42.2. The first-order chi connectivity index (χ1) is 56.4. The number of fused-ring (bicyclic) bond motifs is 9. The summed E-state index contributed by atoms with van der Waals surface area (Å²) in [5, 5.41) is 59.9. The van der Waals surface area contributed by atoms with Crippen molar-refractivity contribution in [3.8, 4) is 5.88 Å². The molecule has 7 atom stereocenters. The normalized spacial score (nSPS) is 15.5. The van der Waals surface area contributed by atoms with Gasteiger partial charge in [0.1, 0.15) is 31.3 Å². The van der Waals surface area contributed by atoms with E-state index in [-0.39, 0.29) is 105 Å². The number of nitrogens with one attached hydrogen (secondary N) is 9. The number of Topliss-reactive ketones (excluding diaryl/α,β-unsaturated/α-hetero) is 3. The van der Waals surface area contributed by atoms with E-state index in [0.29, 0.717) is 108 Å². The van der Waals surface area contributed by atoms with Crippen LogP contribution in [-0.4, -0.2) is 221 Å². The summed E-state index contributed by atoms with van der Waals surface area (Å²) in [6.07, 6.45) is 5.94.